The number of esters is 1. The molecule has 11 nitrogen and oxygen atoms in total. The predicted octanol–water partition coefficient (Wildman–Crippen LogP) is 5.54. The summed E-state index contributed by atoms with van der Waals surface area (Å²) in [6, 6.07) is 20.0. The van der Waals surface area contributed by atoms with Crippen molar-refractivity contribution in [1.82, 2.24) is 4.90 Å². The number of aliphatic hydroxyl groups excluding tert-OH is 1. The zero-order valence-electron chi connectivity index (χ0n) is 30.5. The lowest BCUT2D eigenvalue weighted by molar-refractivity contribution is -0.151. The number of para-hydroxylation sites is 2. The Kier molecular flexibility index (Phi) is 9.94. The minimum absolute atomic E-state index is 0.160. The second kappa shape index (κ2) is 14.3. The first kappa shape index (κ1) is 36.8. The van der Waals surface area contributed by atoms with Crippen LogP contribution in [0.2, 0.25) is 18.6 Å². The Balaban J connectivity index is 1.27. The van der Waals surface area contributed by atoms with Gasteiger partial charge in [0.2, 0.25) is 14.3 Å². The molecule has 1 saturated heterocycles. The Bertz CT molecular complexity index is 1940. The number of halogens is 1. The number of unbranched alkanes of at least 4 members (excludes halogenated alkanes) is 1. The van der Waals surface area contributed by atoms with Crippen molar-refractivity contribution in [2.75, 3.05) is 36.7 Å². The fourth-order valence-electron chi connectivity index (χ4n) is 8.95. The van der Waals surface area contributed by atoms with Crippen molar-refractivity contribution < 1.29 is 42.6 Å². The smallest absolute Gasteiger partial charge is 0.305 e. The first-order valence-corrected chi connectivity index (χ1v) is 21.3. The SMILES string of the molecule is COC(=O)CCCCN1C(=O)[C@@]2(O[C@@H](CC(=O)N3Cc4ccccc4C[C@H]3CO)[C@H]([Si](C)(C)F)[C@H]2C)c2cc(N3C(=O)COc4ccccc43)ccc21. The van der Waals surface area contributed by atoms with E-state index in [9.17, 15) is 24.3 Å². The van der Waals surface area contributed by atoms with E-state index in [0.29, 0.717) is 54.2 Å². The first-order chi connectivity index (χ1) is 25.4. The van der Waals surface area contributed by atoms with Gasteiger partial charge >= 0.3 is 5.97 Å². The van der Waals surface area contributed by atoms with Gasteiger partial charge in [0.05, 0.1) is 43.7 Å². The molecule has 1 N–H and O–H groups in total. The Morgan fingerprint density at radius 1 is 1.02 bits per heavy atom. The van der Waals surface area contributed by atoms with Gasteiger partial charge in [0.25, 0.3) is 11.8 Å². The van der Waals surface area contributed by atoms with Gasteiger partial charge in [0.1, 0.15) is 5.75 Å². The van der Waals surface area contributed by atoms with Gasteiger partial charge in [-0.05, 0) is 73.8 Å². The van der Waals surface area contributed by atoms with Crippen LogP contribution >= 0.6 is 0 Å². The minimum atomic E-state index is -3.62. The fourth-order valence-corrected chi connectivity index (χ4v) is 11.4. The van der Waals surface area contributed by atoms with E-state index in [0.717, 1.165) is 11.1 Å². The van der Waals surface area contributed by atoms with E-state index >= 15 is 4.11 Å². The molecule has 13 heteroatoms. The summed E-state index contributed by atoms with van der Waals surface area (Å²) in [4.78, 5) is 59.3. The molecule has 4 aliphatic heterocycles. The van der Waals surface area contributed by atoms with Crippen LogP contribution in [0, 0.1) is 5.92 Å². The number of aliphatic hydroxyl groups is 1. The van der Waals surface area contributed by atoms with Crippen LogP contribution in [0.15, 0.2) is 66.7 Å². The second-order valence-corrected chi connectivity index (χ2v) is 18.8. The standard InChI is InChI=1S/C40H46FN3O8Si/c1-25-38(53(3,4)41)34(21-35(46)43-22-27-12-6-5-11-26(27)19-29(43)23-45)52-40(25)30-20-28(44-32-13-7-8-14-33(32)51-24-36(44)47)16-17-31(30)42(39(40)49)18-10-9-15-37(48)50-2/h5-8,11-14,16-17,20,25,29,34,38,45H,9-10,15,18-19,21-24H2,1-4H3/t25-,29+,34+,38-,40+/m1/s1. The summed E-state index contributed by atoms with van der Waals surface area (Å²) in [6.45, 7) is 5.21. The largest absolute Gasteiger partial charge is 0.482 e. The van der Waals surface area contributed by atoms with Gasteiger partial charge in [0.15, 0.2) is 12.2 Å². The fraction of sp³-hybridized carbons (Fsp3) is 0.450. The molecule has 1 spiro atoms. The van der Waals surface area contributed by atoms with Crippen LogP contribution in [0.5, 0.6) is 5.75 Å². The van der Waals surface area contributed by atoms with Gasteiger partial charge in [-0.3, -0.25) is 24.1 Å². The average molecular weight is 744 g/mol. The van der Waals surface area contributed by atoms with Crippen molar-refractivity contribution in [2.24, 2.45) is 5.92 Å². The number of carbonyl (C=O) groups excluding carboxylic acids is 4. The highest BCUT2D eigenvalue weighted by molar-refractivity contribution is 6.72. The van der Waals surface area contributed by atoms with E-state index in [1.54, 1.807) is 58.1 Å². The second-order valence-electron chi connectivity index (χ2n) is 15.0. The molecule has 4 heterocycles. The first-order valence-electron chi connectivity index (χ1n) is 18.3. The van der Waals surface area contributed by atoms with Crippen molar-refractivity contribution in [3.05, 3.63) is 83.4 Å². The maximum absolute atomic E-state index is 16.7. The number of carbonyl (C=O) groups is 4. The van der Waals surface area contributed by atoms with Gasteiger partial charge < -0.3 is 33.2 Å². The number of amides is 3. The number of rotatable bonds is 10. The molecule has 53 heavy (non-hydrogen) atoms. The number of fused-ring (bicyclic) bond motifs is 4. The molecule has 0 radical (unpaired) electrons. The van der Waals surface area contributed by atoms with Gasteiger partial charge in [-0.1, -0.05) is 43.3 Å². The number of ether oxygens (including phenoxy) is 3. The summed E-state index contributed by atoms with van der Waals surface area (Å²) in [5.41, 5.74) is 1.85. The Hall–Kier alpha value is -4.59. The van der Waals surface area contributed by atoms with E-state index in [1.807, 2.05) is 43.3 Å². The highest BCUT2D eigenvalue weighted by Gasteiger charge is 2.67. The van der Waals surface area contributed by atoms with Gasteiger partial charge in [0, 0.05) is 42.2 Å². The van der Waals surface area contributed by atoms with Crippen LogP contribution in [-0.4, -0.2) is 81.1 Å². The predicted molar refractivity (Wildman–Crippen MR) is 198 cm³/mol. The molecule has 0 aromatic heterocycles. The Morgan fingerprint density at radius 2 is 1.75 bits per heavy atom. The van der Waals surface area contributed by atoms with E-state index in [2.05, 4.69) is 0 Å². The van der Waals surface area contributed by atoms with Crippen LogP contribution in [0.4, 0.5) is 21.2 Å². The molecule has 0 saturated carbocycles. The molecule has 7 rings (SSSR count). The van der Waals surface area contributed by atoms with Gasteiger partial charge in [-0.2, -0.15) is 0 Å². The van der Waals surface area contributed by atoms with Crippen LogP contribution in [0.1, 0.15) is 49.3 Å². The Morgan fingerprint density at radius 3 is 2.49 bits per heavy atom. The third-order valence-corrected chi connectivity index (χ3v) is 13.9. The number of benzene rings is 3. The summed E-state index contributed by atoms with van der Waals surface area (Å²) < 4.78 is 34.1. The molecule has 280 valence electrons. The highest BCUT2D eigenvalue weighted by atomic mass is 28.4. The molecule has 0 bridgehead atoms. The van der Waals surface area contributed by atoms with E-state index < -0.39 is 37.6 Å². The van der Waals surface area contributed by atoms with E-state index in [4.69, 9.17) is 14.2 Å². The quantitative estimate of drug-likeness (QED) is 0.124. The van der Waals surface area contributed by atoms with E-state index in [-0.39, 0.29) is 56.3 Å². The molecule has 0 aliphatic carbocycles. The normalized spacial score (nSPS) is 24.9. The number of methoxy groups -OCH3 is 1. The Labute approximate surface area is 309 Å². The molecule has 3 amide bonds. The maximum Gasteiger partial charge on any atom is 0.305 e. The molecule has 4 aliphatic rings. The summed E-state index contributed by atoms with van der Waals surface area (Å²) in [5.74, 6) is -1.39. The molecule has 0 unspecified atom stereocenters. The van der Waals surface area contributed by atoms with Crippen LogP contribution in [-0.2, 0) is 47.2 Å². The van der Waals surface area contributed by atoms with Crippen molar-refractivity contribution in [3.8, 4) is 5.75 Å². The minimum Gasteiger partial charge on any atom is -0.482 e. The number of hydrogen-bond donors (Lipinski definition) is 1. The summed E-state index contributed by atoms with van der Waals surface area (Å²) in [6.07, 6.45) is 0.597. The molecule has 1 fully saturated rings. The van der Waals surface area contributed by atoms with Gasteiger partial charge in [-0.15, -0.1) is 0 Å². The van der Waals surface area contributed by atoms with Crippen molar-refractivity contribution in [1.29, 1.82) is 0 Å². The average Bonchev–Trinajstić information content (AvgIpc) is 3.57. The van der Waals surface area contributed by atoms with Gasteiger partial charge in [-0.25, -0.2) is 0 Å². The topological polar surface area (TPSA) is 126 Å². The summed E-state index contributed by atoms with van der Waals surface area (Å²) in [5, 5.41) is 10.3. The number of nitrogens with zero attached hydrogens (tertiary/aromatic N) is 3. The monoisotopic (exact) mass is 743 g/mol. The molecule has 5 atom stereocenters. The third-order valence-electron chi connectivity index (χ3n) is 11.4. The lowest BCUT2D eigenvalue weighted by atomic mass is 9.82. The lowest BCUT2D eigenvalue weighted by Crippen LogP contribution is -2.48. The van der Waals surface area contributed by atoms with Crippen molar-refractivity contribution in [2.45, 2.75) is 82.0 Å². The maximum atomic E-state index is 16.7. The summed E-state index contributed by atoms with van der Waals surface area (Å²) >= 11 is 0. The zero-order valence-corrected chi connectivity index (χ0v) is 31.5. The van der Waals surface area contributed by atoms with Crippen LogP contribution < -0.4 is 14.5 Å². The third kappa shape index (κ3) is 6.42. The molecule has 3 aromatic rings. The zero-order chi connectivity index (χ0) is 37.7. The van der Waals surface area contributed by atoms with E-state index in [1.165, 1.54) is 7.11 Å². The highest BCUT2D eigenvalue weighted by Crippen LogP contribution is 2.61. The summed E-state index contributed by atoms with van der Waals surface area (Å²) in [7, 11) is -2.28. The number of hydrogen-bond acceptors (Lipinski definition) is 8. The van der Waals surface area contributed by atoms with Crippen LogP contribution in [0.3, 0.4) is 0 Å². The number of anilines is 3. The molecule has 3 aromatic carbocycles. The van der Waals surface area contributed by atoms with Crippen molar-refractivity contribution in [3.63, 3.8) is 0 Å². The lowest BCUT2D eigenvalue weighted by Gasteiger charge is -2.37. The van der Waals surface area contributed by atoms with Crippen molar-refractivity contribution >= 4 is 49.2 Å². The molecular formula is C40H46FN3O8Si. The molecular weight excluding hydrogens is 698 g/mol. The van der Waals surface area contributed by atoms with Crippen LogP contribution in [0.25, 0.3) is 0 Å².